The molecule has 2 N–H and O–H groups in total. The predicted molar refractivity (Wildman–Crippen MR) is 152 cm³/mol. The van der Waals surface area contributed by atoms with Crippen LogP contribution in [0.5, 0.6) is 11.5 Å². The molecular formula is C29H21F2N3O6S2. The fourth-order valence-electron chi connectivity index (χ4n) is 5.09. The minimum Gasteiger partial charge on any atom is -0.493 e. The summed E-state index contributed by atoms with van der Waals surface area (Å²) in [6.45, 7) is -0.360. The Morgan fingerprint density at radius 1 is 0.952 bits per heavy atom. The van der Waals surface area contributed by atoms with Gasteiger partial charge in [-0.1, -0.05) is 29.2 Å². The third kappa shape index (κ3) is 5.05. The van der Waals surface area contributed by atoms with E-state index in [0.29, 0.717) is 21.2 Å². The van der Waals surface area contributed by atoms with Gasteiger partial charge in [-0.2, -0.15) is 0 Å². The average molecular weight is 610 g/mol. The normalized spacial score (nSPS) is 19.3. The molecule has 3 heterocycles. The molecule has 1 fully saturated rings. The summed E-state index contributed by atoms with van der Waals surface area (Å²) in [6.07, 6.45) is 0. The van der Waals surface area contributed by atoms with E-state index in [-0.39, 0.29) is 28.7 Å². The number of halogens is 2. The van der Waals surface area contributed by atoms with Crippen molar-refractivity contribution in [3.05, 3.63) is 98.5 Å². The van der Waals surface area contributed by atoms with Crippen LogP contribution in [0.25, 0.3) is 0 Å². The number of aromatic nitrogens is 1. The molecule has 0 radical (unpaired) electrons. The van der Waals surface area contributed by atoms with Crippen molar-refractivity contribution in [1.29, 1.82) is 0 Å². The molecule has 0 unspecified atom stereocenters. The number of nitrogens with one attached hydrogen (secondary N) is 2. The number of carbonyl (C=O) groups excluding carboxylic acids is 3. The van der Waals surface area contributed by atoms with Crippen molar-refractivity contribution in [3.63, 3.8) is 0 Å². The zero-order valence-corrected chi connectivity index (χ0v) is 23.4. The van der Waals surface area contributed by atoms with Crippen LogP contribution in [0, 0.1) is 17.6 Å². The molecule has 1 saturated heterocycles. The molecule has 6 rings (SSSR count). The molecule has 4 aromatic rings. The lowest BCUT2D eigenvalue weighted by atomic mass is 9.83. The number of fused-ring (bicyclic) bond motifs is 2. The van der Waals surface area contributed by atoms with E-state index in [1.165, 1.54) is 55.6 Å². The largest absolute Gasteiger partial charge is 0.493 e. The summed E-state index contributed by atoms with van der Waals surface area (Å²) >= 11 is 2.10. The van der Waals surface area contributed by atoms with E-state index in [4.69, 9.17) is 9.47 Å². The predicted octanol–water partition coefficient (Wildman–Crippen LogP) is 4.54. The van der Waals surface area contributed by atoms with Crippen molar-refractivity contribution in [2.24, 2.45) is 5.92 Å². The molecule has 2 aliphatic rings. The number of carbonyl (C=O) groups is 3. The number of methoxy groups -OCH3 is 1. The number of benzene rings is 3. The van der Waals surface area contributed by atoms with Gasteiger partial charge in [0.1, 0.15) is 16.9 Å². The Labute approximate surface area is 245 Å². The van der Waals surface area contributed by atoms with E-state index in [9.17, 15) is 28.0 Å². The number of imide groups is 1. The maximum atomic E-state index is 13.8. The van der Waals surface area contributed by atoms with Crippen LogP contribution in [-0.2, 0) is 14.4 Å². The van der Waals surface area contributed by atoms with Crippen LogP contribution < -0.4 is 24.6 Å². The number of ether oxygens (including phenoxy) is 2. The number of rotatable bonds is 7. The Bertz CT molecular complexity index is 1760. The van der Waals surface area contributed by atoms with Gasteiger partial charge >= 0.3 is 4.87 Å². The lowest BCUT2D eigenvalue weighted by molar-refractivity contribution is -0.122. The van der Waals surface area contributed by atoms with Gasteiger partial charge in [-0.25, -0.2) is 13.7 Å². The van der Waals surface area contributed by atoms with Gasteiger partial charge in [-0.15, -0.1) is 0 Å². The minimum absolute atomic E-state index is 0.251. The van der Waals surface area contributed by atoms with Gasteiger partial charge in [-0.3, -0.25) is 19.2 Å². The molecule has 3 amide bonds. The van der Waals surface area contributed by atoms with E-state index < -0.39 is 46.4 Å². The van der Waals surface area contributed by atoms with Crippen molar-refractivity contribution in [1.82, 2.24) is 4.98 Å². The van der Waals surface area contributed by atoms with Gasteiger partial charge in [-0.05, 0) is 66.2 Å². The van der Waals surface area contributed by atoms with Crippen molar-refractivity contribution >= 4 is 52.2 Å². The molecule has 214 valence electrons. The highest BCUT2D eigenvalue weighted by Crippen LogP contribution is 2.53. The summed E-state index contributed by atoms with van der Waals surface area (Å²) < 4.78 is 37.9. The van der Waals surface area contributed by atoms with Gasteiger partial charge in [0.2, 0.25) is 11.8 Å². The molecule has 1 aromatic heterocycles. The fraction of sp³-hybridized carbons (Fsp3) is 0.172. The Kier molecular flexibility index (Phi) is 7.29. The first-order valence-corrected chi connectivity index (χ1v) is 14.3. The number of hydrogen-bond acceptors (Lipinski definition) is 8. The van der Waals surface area contributed by atoms with E-state index in [0.717, 1.165) is 28.0 Å². The molecule has 3 aromatic carbocycles. The zero-order valence-electron chi connectivity index (χ0n) is 21.8. The Morgan fingerprint density at radius 3 is 2.33 bits per heavy atom. The molecule has 3 atom stereocenters. The van der Waals surface area contributed by atoms with Crippen LogP contribution in [-0.4, -0.2) is 41.7 Å². The number of anilines is 2. The number of H-pyrrole nitrogens is 1. The highest BCUT2D eigenvalue weighted by atomic mass is 32.2. The second-order valence-corrected chi connectivity index (χ2v) is 11.7. The highest BCUT2D eigenvalue weighted by Gasteiger charge is 2.56. The topological polar surface area (TPSA) is 118 Å². The van der Waals surface area contributed by atoms with Crippen LogP contribution in [0.1, 0.15) is 16.4 Å². The fourth-order valence-corrected chi connectivity index (χ4v) is 7.61. The van der Waals surface area contributed by atoms with Gasteiger partial charge in [0.05, 0.1) is 23.7 Å². The van der Waals surface area contributed by atoms with Crippen molar-refractivity contribution < 1.29 is 32.6 Å². The van der Waals surface area contributed by atoms with Crippen molar-refractivity contribution in [3.8, 4) is 11.5 Å². The smallest absolute Gasteiger partial charge is 0.305 e. The van der Waals surface area contributed by atoms with Crippen LogP contribution in [0.3, 0.4) is 0 Å². The molecular weight excluding hydrogens is 588 g/mol. The number of hydrogen-bond donors (Lipinski definition) is 2. The molecule has 0 saturated carbocycles. The van der Waals surface area contributed by atoms with E-state index in [1.807, 2.05) is 0 Å². The first kappa shape index (κ1) is 27.7. The quantitative estimate of drug-likeness (QED) is 0.296. The van der Waals surface area contributed by atoms with E-state index in [1.54, 1.807) is 18.2 Å². The molecule has 0 spiro atoms. The Balaban J connectivity index is 1.29. The van der Waals surface area contributed by atoms with Crippen LogP contribution in [0.4, 0.5) is 20.2 Å². The van der Waals surface area contributed by atoms with Crippen molar-refractivity contribution in [2.45, 2.75) is 16.2 Å². The Morgan fingerprint density at radius 2 is 1.64 bits per heavy atom. The highest BCUT2D eigenvalue weighted by molar-refractivity contribution is 8.00. The summed E-state index contributed by atoms with van der Waals surface area (Å²) in [5.41, 5.74) is 1.27. The second-order valence-electron chi connectivity index (χ2n) is 9.49. The summed E-state index contributed by atoms with van der Waals surface area (Å²) in [4.78, 5) is 56.2. The number of aromatic amines is 1. The third-order valence-corrected chi connectivity index (χ3v) is 9.34. The minimum atomic E-state index is -0.843. The second kappa shape index (κ2) is 11.1. The maximum Gasteiger partial charge on any atom is 0.305 e. The first-order chi connectivity index (χ1) is 20.2. The summed E-state index contributed by atoms with van der Waals surface area (Å²) in [5, 5.41) is 2.30. The van der Waals surface area contributed by atoms with Gasteiger partial charge in [0, 0.05) is 16.5 Å². The number of nitrogens with zero attached hydrogens (tertiary/aromatic N) is 1. The van der Waals surface area contributed by atoms with Crippen LogP contribution >= 0.6 is 23.1 Å². The van der Waals surface area contributed by atoms with Crippen LogP contribution in [0.15, 0.2) is 76.6 Å². The molecule has 42 heavy (non-hydrogen) atoms. The van der Waals surface area contributed by atoms with Gasteiger partial charge in [0.25, 0.3) is 5.91 Å². The van der Waals surface area contributed by atoms with Crippen LogP contribution in [0.2, 0.25) is 0 Å². The maximum absolute atomic E-state index is 13.8. The van der Waals surface area contributed by atoms with E-state index >= 15 is 0 Å². The molecule has 2 aliphatic heterocycles. The average Bonchev–Trinajstić information content (AvgIpc) is 3.47. The number of amides is 3. The molecule has 0 aliphatic carbocycles. The monoisotopic (exact) mass is 609 g/mol. The first-order valence-electron chi connectivity index (χ1n) is 12.6. The zero-order chi connectivity index (χ0) is 29.5. The van der Waals surface area contributed by atoms with Gasteiger partial charge < -0.3 is 19.8 Å². The lowest BCUT2D eigenvalue weighted by Crippen LogP contribution is -2.32. The SMILES string of the molecule is COc1cc([C@@H]2c3sc(=O)[nH]c3S[C@H]3C(=O)N(c4ccc(F)cc4)C(=O)[C@@H]23)ccc1OCC(=O)Nc1ccc(F)cc1. The standard InChI is InChI=1S/C29H21F2N3O6S2/c1-39-20-12-14(2-11-19(20)40-13-21(35)32-17-7-3-15(30)4-8-17)22-23-25(41-26-24(22)42-29(38)33-26)28(37)34(27(23)36)18-9-5-16(31)6-10-18/h2-12,22-23,25H,13H2,1H3,(H,32,35)(H,33,38)/t22-,23-,25+/m0/s1. The summed E-state index contributed by atoms with van der Waals surface area (Å²) in [5.74, 6) is -3.30. The Hall–Kier alpha value is -4.49. The third-order valence-electron chi connectivity index (χ3n) is 6.94. The molecule has 0 bridgehead atoms. The summed E-state index contributed by atoms with van der Waals surface area (Å²) in [6, 6.07) is 15.3. The molecule has 13 heteroatoms. The van der Waals surface area contributed by atoms with E-state index in [2.05, 4.69) is 10.3 Å². The molecule has 9 nitrogen and oxygen atoms in total. The number of thiazole rings is 1. The van der Waals surface area contributed by atoms with Gasteiger partial charge in [0.15, 0.2) is 18.1 Å². The summed E-state index contributed by atoms with van der Waals surface area (Å²) in [7, 11) is 1.42. The lowest BCUT2D eigenvalue weighted by Gasteiger charge is -2.30. The van der Waals surface area contributed by atoms with Crippen molar-refractivity contribution in [2.75, 3.05) is 23.9 Å². The number of thioether (sulfide) groups is 1.